The van der Waals surface area contributed by atoms with Gasteiger partial charge < -0.3 is 10.0 Å². The third-order valence-electron chi connectivity index (χ3n) is 2.45. The Morgan fingerprint density at radius 1 is 1.67 bits per heavy atom. The van der Waals surface area contributed by atoms with Gasteiger partial charge in [-0.1, -0.05) is 12.2 Å². The van der Waals surface area contributed by atoms with E-state index >= 15 is 0 Å². The molecule has 1 N–H and O–H groups in total. The van der Waals surface area contributed by atoms with Gasteiger partial charge in [0, 0.05) is 24.8 Å². The van der Waals surface area contributed by atoms with Crippen LogP contribution in [0, 0.1) is 0 Å². The van der Waals surface area contributed by atoms with Crippen molar-refractivity contribution < 1.29 is 9.90 Å². The van der Waals surface area contributed by atoms with Crippen molar-refractivity contribution in [1.29, 1.82) is 0 Å². The summed E-state index contributed by atoms with van der Waals surface area (Å²) in [5, 5.41) is 8.83. The van der Waals surface area contributed by atoms with E-state index in [4.69, 9.17) is 5.11 Å². The molecule has 0 radical (unpaired) electrons. The van der Waals surface area contributed by atoms with Gasteiger partial charge in [-0.05, 0) is 13.0 Å². The Hall–Kier alpha value is -1.84. The number of carbonyl (C=O) groups is 1. The highest BCUT2D eigenvalue weighted by molar-refractivity contribution is 5.89. The molecule has 0 fully saturated rings. The highest BCUT2D eigenvalue weighted by Crippen LogP contribution is 2.23. The number of rotatable bonds is 2. The van der Waals surface area contributed by atoms with Gasteiger partial charge in [0.2, 0.25) is 0 Å². The van der Waals surface area contributed by atoms with E-state index in [9.17, 15) is 4.79 Å². The predicted octanol–water partition coefficient (Wildman–Crippen LogP) is 1.63. The molecule has 0 saturated carbocycles. The summed E-state index contributed by atoms with van der Waals surface area (Å²) < 4.78 is 0. The van der Waals surface area contributed by atoms with Gasteiger partial charge in [-0.15, -0.1) is 0 Å². The summed E-state index contributed by atoms with van der Waals surface area (Å²) >= 11 is 0. The molecule has 0 aromatic carbocycles. The molecule has 78 valence electrons. The van der Waals surface area contributed by atoms with Crippen molar-refractivity contribution in [3.05, 3.63) is 29.5 Å². The molecule has 2 heterocycles. The third-order valence-corrected chi connectivity index (χ3v) is 2.45. The second-order valence-corrected chi connectivity index (χ2v) is 3.38. The Labute approximate surface area is 87.9 Å². The van der Waals surface area contributed by atoms with Crippen LogP contribution in [0.1, 0.15) is 22.8 Å². The van der Waals surface area contributed by atoms with E-state index in [1.54, 1.807) is 6.07 Å². The van der Waals surface area contributed by atoms with E-state index in [0.29, 0.717) is 0 Å². The lowest BCUT2D eigenvalue weighted by atomic mass is 10.1. The number of anilines is 1. The highest BCUT2D eigenvalue weighted by atomic mass is 16.4. The van der Waals surface area contributed by atoms with Crippen LogP contribution >= 0.6 is 0 Å². The number of carboxylic acid groups (broad SMARTS) is 1. The Bertz CT molecular complexity index is 427. The molecular weight excluding hydrogens is 192 g/mol. The van der Waals surface area contributed by atoms with E-state index in [1.165, 1.54) is 6.20 Å². The fourth-order valence-electron chi connectivity index (χ4n) is 1.65. The lowest BCUT2D eigenvalue weighted by Gasteiger charge is -2.25. The predicted molar refractivity (Wildman–Crippen MR) is 58.1 cm³/mol. The van der Waals surface area contributed by atoms with Crippen molar-refractivity contribution in [2.45, 2.75) is 6.92 Å². The third kappa shape index (κ3) is 1.70. The van der Waals surface area contributed by atoms with Gasteiger partial charge in [-0.3, -0.25) is 0 Å². The Kier molecular flexibility index (Phi) is 2.41. The van der Waals surface area contributed by atoms with Crippen molar-refractivity contribution in [3.8, 4) is 0 Å². The number of pyridine rings is 1. The number of hydrogen-bond donors (Lipinski definition) is 1. The number of aromatic nitrogens is 1. The molecule has 0 saturated heterocycles. The van der Waals surface area contributed by atoms with Crippen LogP contribution in [0.3, 0.4) is 0 Å². The largest absolute Gasteiger partial charge is 0.478 e. The lowest BCUT2D eigenvalue weighted by Crippen LogP contribution is -2.26. The van der Waals surface area contributed by atoms with Gasteiger partial charge in [-0.2, -0.15) is 0 Å². The number of carboxylic acids is 1. The van der Waals surface area contributed by atoms with Crippen molar-refractivity contribution in [2.75, 3.05) is 18.0 Å². The van der Waals surface area contributed by atoms with E-state index in [1.807, 2.05) is 12.2 Å². The number of aromatic carboxylic acids is 1. The summed E-state index contributed by atoms with van der Waals surface area (Å²) in [7, 11) is 0. The molecule has 0 amide bonds. The molecule has 1 aliphatic rings. The quantitative estimate of drug-likeness (QED) is 0.795. The van der Waals surface area contributed by atoms with E-state index in [0.717, 1.165) is 24.5 Å². The van der Waals surface area contributed by atoms with Crippen molar-refractivity contribution in [2.24, 2.45) is 0 Å². The van der Waals surface area contributed by atoms with E-state index < -0.39 is 5.97 Å². The molecule has 0 bridgehead atoms. The molecule has 1 aromatic heterocycles. The molecular formula is C11H12N2O2. The van der Waals surface area contributed by atoms with E-state index in [-0.39, 0.29) is 5.56 Å². The topological polar surface area (TPSA) is 53.4 Å². The molecule has 0 unspecified atom stereocenters. The van der Waals surface area contributed by atoms with Crippen molar-refractivity contribution in [3.63, 3.8) is 0 Å². The van der Waals surface area contributed by atoms with Crippen LogP contribution in [0.15, 0.2) is 18.3 Å². The zero-order valence-corrected chi connectivity index (χ0v) is 8.47. The van der Waals surface area contributed by atoms with E-state index in [2.05, 4.69) is 16.8 Å². The van der Waals surface area contributed by atoms with Gasteiger partial charge in [0.05, 0.1) is 5.56 Å². The number of hydrogen-bond acceptors (Lipinski definition) is 3. The van der Waals surface area contributed by atoms with Crippen LogP contribution in [-0.2, 0) is 0 Å². The minimum Gasteiger partial charge on any atom is -0.478 e. The van der Waals surface area contributed by atoms with Crippen molar-refractivity contribution >= 4 is 17.9 Å². The van der Waals surface area contributed by atoms with Gasteiger partial charge in [0.1, 0.15) is 5.82 Å². The lowest BCUT2D eigenvalue weighted by molar-refractivity contribution is 0.0696. The first kappa shape index (κ1) is 9.71. The van der Waals surface area contributed by atoms with Gasteiger partial charge >= 0.3 is 5.97 Å². The maximum Gasteiger partial charge on any atom is 0.337 e. The van der Waals surface area contributed by atoms with Crippen LogP contribution in [0.4, 0.5) is 5.82 Å². The maximum absolute atomic E-state index is 10.8. The summed E-state index contributed by atoms with van der Waals surface area (Å²) in [6, 6.07) is 1.66. The summed E-state index contributed by atoms with van der Waals surface area (Å²) in [4.78, 5) is 17.0. The first-order valence-electron chi connectivity index (χ1n) is 4.87. The average Bonchev–Trinajstić information content (AvgIpc) is 2.27. The summed E-state index contributed by atoms with van der Waals surface area (Å²) in [5.74, 6) is -0.0719. The fraction of sp³-hybridized carbons (Fsp3) is 0.273. The number of likely N-dealkylation sites (N-methyl/N-ethyl adjacent to an activating group) is 1. The Morgan fingerprint density at radius 3 is 3.13 bits per heavy atom. The van der Waals surface area contributed by atoms with Crippen LogP contribution < -0.4 is 4.90 Å². The summed E-state index contributed by atoms with van der Waals surface area (Å²) in [6.45, 7) is 3.76. The van der Waals surface area contributed by atoms with Crippen LogP contribution in [0.2, 0.25) is 0 Å². The Morgan fingerprint density at radius 2 is 2.47 bits per heavy atom. The molecule has 0 aliphatic carbocycles. The number of fused-ring (bicyclic) bond motifs is 1. The van der Waals surface area contributed by atoms with Crippen LogP contribution in [0.25, 0.3) is 6.08 Å². The standard InChI is InChI=1S/C11H12N2O2/c1-2-13-5-3-4-8-6-9(11(14)15)7-12-10(8)13/h3-4,6-7H,2,5H2,1H3,(H,14,15). The normalized spacial score (nSPS) is 13.8. The molecule has 2 rings (SSSR count). The molecule has 1 aliphatic heterocycles. The second kappa shape index (κ2) is 3.73. The SMILES string of the molecule is CCN1CC=Cc2cc(C(=O)O)cnc21. The summed E-state index contributed by atoms with van der Waals surface area (Å²) in [5.41, 5.74) is 1.11. The zero-order chi connectivity index (χ0) is 10.8. The fourth-order valence-corrected chi connectivity index (χ4v) is 1.65. The van der Waals surface area contributed by atoms with Crippen LogP contribution in [-0.4, -0.2) is 29.1 Å². The first-order chi connectivity index (χ1) is 7.22. The van der Waals surface area contributed by atoms with Gasteiger partial charge in [0.15, 0.2) is 0 Å². The monoisotopic (exact) mass is 204 g/mol. The van der Waals surface area contributed by atoms with Gasteiger partial charge in [0.25, 0.3) is 0 Å². The minimum absolute atomic E-state index is 0.233. The Balaban J connectivity index is 2.46. The average molecular weight is 204 g/mol. The second-order valence-electron chi connectivity index (χ2n) is 3.38. The van der Waals surface area contributed by atoms with Gasteiger partial charge in [-0.25, -0.2) is 9.78 Å². The first-order valence-corrected chi connectivity index (χ1v) is 4.87. The molecule has 4 heteroatoms. The smallest absolute Gasteiger partial charge is 0.337 e. The minimum atomic E-state index is -0.938. The van der Waals surface area contributed by atoms with Crippen molar-refractivity contribution in [1.82, 2.24) is 4.98 Å². The molecule has 15 heavy (non-hydrogen) atoms. The molecule has 0 atom stereocenters. The molecule has 1 aromatic rings. The zero-order valence-electron chi connectivity index (χ0n) is 8.47. The highest BCUT2D eigenvalue weighted by Gasteiger charge is 2.14. The maximum atomic E-state index is 10.8. The molecule has 0 spiro atoms. The number of nitrogens with zero attached hydrogens (tertiary/aromatic N) is 2. The van der Waals surface area contributed by atoms with Crippen LogP contribution in [0.5, 0.6) is 0 Å². The molecule has 4 nitrogen and oxygen atoms in total. The summed E-state index contributed by atoms with van der Waals surface area (Å²) in [6.07, 6.45) is 5.34.